The second-order valence-corrected chi connectivity index (χ2v) is 6.19. The van der Waals surface area contributed by atoms with E-state index < -0.39 is 29.2 Å². The van der Waals surface area contributed by atoms with E-state index in [4.69, 9.17) is 4.74 Å². The molecule has 0 atom stereocenters. The number of carbonyl (C=O) groups is 1. The molecular weight excluding hydrogens is 264 g/mol. The molecule has 110 valence electrons. The Morgan fingerprint density at radius 2 is 1.95 bits per heavy atom. The highest BCUT2D eigenvalue weighted by Gasteiger charge is 2.49. The topological polar surface area (TPSA) is 38.3 Å². The zero-order valence-corrected chi connectivity index (χ0v) is 11.9. The molecule has 0 aromatic heterocycles. The predicted molar refractivity (Wildman–Crippen MR) is 71.6 cm³/mol. The Morgan fingerprint density at radius 1 is 1.35 bits per heavy atom. The summed E-state index contributed by atoms with van der Waals surface area (Å²) in [4.78, 5) is 11.9. The minimum Gasteiger partial charge on any atom is -0.444 e. The summed E-state index contributed by atoms with van der Waals surface area (Å²) in [5.41, 5.74) is -1.35. The maximum Gasteiger partial charge on any atom is 0.408 e. The Bertz CT molecular complexity index is 505. The van der Waals surface area contributed by atoms with Gasteiger partial charge in [0.05, 0.1) is 5.54 Å². The molecule has 0 unspecified atom stereocenters. The molecule has 1 amide bonds. The molecule has 0 radical (unpaired) electrons. The SMILES string of the molecule is CC(C)(C)OC(=O)NC1(c2ccccc2F)CC(F)C1. The summed E-state index contributed by atoms with van der Waals surface area (Å²) >= 11 is 0. The standard InChI is InChI=1S/C15H19F2NO2/c1-14(2,3)20-13(19)18-15(8-10(16)9-15)11-6-4-5-7-12(11)17/h4-7,10H,8-9H2,1-3H3,(H,18,19). The largest absolute Gasteiger partial charge is 0.444 e. The highest BCUT2D eigenvalue weighted by Crippen LogP contribution is 2.44. The van der Waals surface area contributed by atoms with Gasteiger partial charge in [0.1, 0.15) is 17.6 Å². The predicted octanol–water partition coefficient (Wildman–Crippen LogP) is 3.68. The van der Waals surface area contributed by atoms with Gasteiger partial charge in [-0.05, 0) is 26.8 Å². The Hall–Kier alpha value is -1.65. The third-order valence-electron chi connectivity index (χ3n) is 3.27. The van der Waals surface area contributed by atoms with Gasteiger partial charge < -0.3 is 10.1 Å². The van der Waals surface area contributed by atoms with Crippen LogP contribution < -0.4 is 5.32 Å². The zero-order valence-electron chi connectivity index (χ0n) is 11.9. The van der Waals surface area contributed by atoms with Gasteiger partial charge in [0.15, 0.2) is 0 Å². The van der Waals surface area contributed by atoms with E-state index in [0.717, 1.165) is 0 Å². The van der Waals surface area contributed by atoms with Gasteiger partial charge in [0.25, 0.3) is 0 Å². The molecule has 1 aromatic rings. The molecule has 1 saturated carbocycles. The fourth-order valence-electron chi connectivity index (χ4n) is 2.43. The Balaban J connectivity index is 2.20. The minimum absolute atomic E-state index is 0.0627. The van der Waals surface area contributed by atoms with Gasteiger partial charge in [-0.3, -0.25) is 0 Å². The monoisotopic (exact) mass is 283 g/mol. The molecule has 0 aliphatic heterocycles. The van der Waals surface area contributed by atoms with Crippen LogP contribution in [0.4, 0.5) is 13.6 Å². The summed E-state index contributed by atoms with van der Waals surface area (Å²) in [5.74, 6) is -0.449. The molecule has 0 saturated heterocycles. The van der Waals surface area contributed by atoms with E-state index in [1.807, 2.05) is 0 Å². The fourth-order valence-corrected chi connectivity index (χ4v) is 2.43. The summed E-state index contributed by atoms with van der Waals surface area (Å²) in [6.07, 6.45) is -1.57. The van der Waals surface area contributed by atoms with Crippen LogP contribution >= 0.6 is 0 Å². The van der Waals surface area contributed by atoms with Gasteiger partial charge in [-0.15, -0.1) is 0 Å². The normalized spacial score (nSPS) is 25.8. The molecule has 2 rings (SSSR count). The molecular formula is C15H19F2NO2. The van der Waals surface area contributed by atoms with E-state index in [0.29, 0.717) is 5.56 Å². The number of halogens is 2. The Morgan fingerprint density at radius 3 is 2.45 bits per heavy atom. The van der Waals surface area contributed by atoms with Crippen molar-refractivity contribution in [1.29, 1.82) is 0 Å². The molecule has 0 heterocycles. The number of amides is 1. The maximum absolute atomic E-state index is 13.9. The van der Waals surface area contributed by atoms with Crippen LogP contribution in [-0.4, -0.2) is 17.9 Å². The molecule has 1 aliphatic carbocycles. The van der Waals surface area contributed by atoms with Gasteiger partial charge in [-0.2, -0.15) is 0 Å². The first-order valence-corrected chi connectivity index (χ1v) is 6.62. The average Bonchev–Trinajstić information content (AvgIpc) is 2.24. The van der Waals surface area contributed by atoms with E-state index >= 15 is 0 Å². The second-order valence-electron chi connectivity index (χ2n) is 6.19. The number of ether oxygens (including phenoxy) is 1. The van der Waals surface area contributed by atoms with Crippen molar-refractivity contribution < 1.29 is 18.3 Å². The van der Waals surface area contributed by atoms with Crippen molar-refractivity contribution in [3.63, 3.8) is 0 Å². The number of benzene rings is 1. The maximum atomic E-state index is 13.9. The molecule has 0 bridgehead atoms. The lowest BCUT2D eigenvalue weighted by Crippen LogP contribution is -2.56. The molecule has 5 heteroatoms. The first-order chi connectivity index (χ1) is 9.22. The molecule has 3 nitrogen and oxygen atoms in total. The lowest BCUT2D eigenvalue weighted by Gasteiger charge is -2.45. The molecule has 1 aromatic carbocycles. The number of alkyl carbamates (subject to hydrolysis) is 1. The first kappa shape index (κ1) is 14.8. The third kappa shape index (κ3) is 3.08. The first-order valence-electron chi connectivity index (χ1n) is 6.62. The van der Waals surface area contributed by atoms with Gasteiger partial charge in [-0.25, -0.2) is 13.6 Å². The van der Waals surface area contributed by atoms with Gasteiger partial charge >= 0.3 is 6.09 Å². The van der Waals surface area contributed by atoms with Crippen molar-refractivity contribution in [2.45, 2.75) is 50.9 Å². The second kappa shape index (κ2) is 5.04. The number of carbonyl (C=O) groups excluding carboxylic acids is 1. The van der Waals surface area contributed by atoms with E-state index in [-0.39, 0.29) is 12.8 Å². The fraction of sp³-hybridized carbons (Fsp3) is 0.533. The summed E-state index contributed by atoms with van der Waals surface area (Å²) in [7, 11) is 0. The van der Waals surface area contributed by atoms with Crippen molar-refractivity contribution in [3.05, 3.63) is 35.6 Å². The smallest absolute Gasteiger partial charge is 0.408 e. The quantitative estimate of drug-likeness (QED) is 0.899. The number of hydrogen-bond acceptors (Lipinski definition) is 2. The average molecular weight is 283 g/mol. The number of hydrogen-bond donors (Lipinski definition) is 1. The van der Waals surface area contributed by atoms with Gasteiger partial charge in [0, 0.05) is 18.4 Å². The van der Waals surface area contributed by atoms with Crippen molar-refractivity contribution >= 4 is 6.09 Å². The number of nitrogens with one attached hydrogen (secondary N) is 1. The van der Waals surface area contributed by atoms with Crippen LogP contribution in [0.1, 0.15) is 39.2 Å². The molecule has 20 heavy (non-hydrogen) atoms. The molecule has 1 aliphatic rings. The lowest BCUT2D eigenvalue weighted by molar-refractivity contribution is 0.0192. The van der Waals surface area contributed by atoms with Crippen LogP contribution in [0.15, 0.2) is 24.3 Å². The van der Waals surface area contributed by atoms with Gasteiger partial charge in [-0.1, -0.05) is 18.2 Å². The summed E-state index contributed by atoms with van der Waals surface area (Å²) in [6, 6.07) is 6.10. The highest BCUT2D eigenvalue weighted by molar-refractivity contribution is 5.69. The van der Waals surface area contributed by atoms with Crippen molar-refractivity contribution in [1.82, 2.24) is 5.32 Å². The van der Waals surface area contributed by atoms with E-state index in [1.165, 1.54) is 6.07 Å². The van der Waals surface area contributed by atoms with Crippen LogP contribution in [0.3, 0.4) is 0 Å². The Labute approximate surface area is 117 Å². The van der Waals surface area contributed by atoms with Gasteiger partial charge in [0.2, 0.25) is 0 Å². The van der Waals surface area contributed by atoms with Crippen molar-refractivity contribution in [3.8, 4) is 0 Å². The molecule has 0 spiro atoms. The lowest BCUT2D eigenvalue weighted by atomic mass is 9.70. The number of alkyl halides is 1. The van der Waals surface area contributed by atoms with E-state index in [9.17, 15) is 13.6 Å². The van der Waals surface area contributed by atoms with Crippen molar-refractivity contribution in [2.24, 2.45) is 0 Å². The zero-order chi connectivity index (χ0) is 15.0. The molecule has 1 N–H and O–H groups in total. The van der Waals surface area contributed by atoms with Crippen LogP contribution in [-0.2, 0) is 10.3 Å². The van der Waals surface area contributed by atoms with Crippen molar-refractivity contribution in [2.75, 3.05) is 0 Å². The van der Waals surface area contributed by atoms with E-state index in [2.05, 4.69) is 5.32 Å². The van der Waals surface area contributed by atoms with Crippen LogP contribution in [0.2, 0.25) is 0 Å². The third-order valence-corrected chi connectivity index (χ3v) is 3.27. The van der Waals surface area contributed by atoms with E-state index in [1.54, 1.807) is 39.0 Å². The van der Waals surface area contributed by atoms with Crippen LogP contribution in [0, 0.1) is 5.82 Å². The summed E-state index contributed by atoms with van der Waals surface area (Å²) in [6.45, 7) is 5.21. The van der Waals surface area contributed by atoms with Crippen LogP contribution in [0.25, 0.3) is 0 Å². The number of rotatable bonds is 2. The Kier molecular flexibility index (Phi) is 3.71. The highest BCUT2D eigenvalue weighted by atomic mass is 19.1. The summed E-state index contributed by atoms with van der Waals surface area (Å²) in [5, 5.41) is 2.63. The molecule has 1 fully saturated rings. The van der Waals surface area contributed by atoms with Crippen LogP contribution in [0.5, 0.6) is 0 Å². The summed E-state index contributed by atoms with van der Waals surface area (Å²) < 4.78 is 32.4. The minimum atomic E-state index is -1.04.